The summed E-state index contributed by atoms with van der Waals surface area (Å²) in [6, 6.07) is 47.4. The lowest BCUT2D eigenvalue weighted by atomic mass is 9.79. The molecule has 0 aliphatic rings. The van der Waals surface area contributed by atoms with Gasteiger partial charge in [-0.2, -0.15) is 0 Å². The second kappa shape index (κ2) is 18.5. The van der Waals surface area contributed by atoms with Crippen LogP contribution in [-0.2, 0) is 27.1 Å². The second-order valence-electron chi connectivity index (χ2n) is 23.8. The molecule has 7 aromatic carbocycles. The topological polar surface area (TPSA) is 50.9 Å². The van der Waals surface area contributed by atoms with Gasteiger partial charge >= 0.3 is 0 Å². The Morgan fingerprint density at radius 2 is 1.04 bits per heavy atom. The number of nitrogens with zero attached hydrogens (tertiary/aromatic N) is 3. The number of para-hydroxylation sites is 1. The molecule has 4 heteroatoms. The van der Waals surface area contributed by atoms with Gasteiger partial charge in [-0.1, -0.05) is 207 Å². The Balaban J connectivity index is 1.34. The van der Waals surface area contributed by atoms with E-state index < -0.39 is 38.2 Å². The summed E-state index contributed by atoms with van der Waals surface area (Å²) < 4.78 is 104. The summed E-state index contributed by atoms with van der Waals surface area (Å²) in [5.74, 6) is 0.534. The molecule has 0 saturated heterocycles. The zero-order chi connectivity index (χ0) is 62.6. The van der Waals surface area contributed by atoms with Gasteiger partial charge in [-0.05, 0) is 144 Å². The number of aromatic hydroxyl groups is 1. The SMILES string of the molecule is [2H]C([2H])([2H])c1cc(-c2ccc(C(C)(C)C)cc2)c(-n2c(-c3cc(C(C)(C)C)cc(C(C)(C)C)c3O)nc3c(-c4cc(-c5cc(-c6ccc(C(C([2H])([2H])[2H])(C([2H])([2H])[2H])C([2H])([2H])[2H])cc6)ccn5)cc(C(C)(C)C)c4)cccc32)cc1-c1ccccc1. The largest absolute Gasteiger partial charge is 0.507 e. The second-order valence-corrected chi connectivity index (χ2v) is 23.8. The van der Waals surface area contributed by atoms with Crippen molar-refractivity contribution in [2.24, 2.45) is 0 Å². The monoisotopic (exact) mass is 974 g/mol. The highest BCUT2D eigenvalue weighted by molar-refractivity contribution is 5.98. The number of fused-ring (bicyclic) bond motifs is 1. The van der Waals surface area contributed by atoms with E-state index in [1.54, 1.807) is 30.5 Å². The molecule has 0 atom stereocenters. The molecule has 73 heavy (non-hydrogen) atoms. The molecule has 2 heterocycles. The van der Waals surface area contributed by atoms with Crippen LogP contribution < -0.4 is 0 Å². The van der Waals surface area contributed by atoms with Crippen LogP contribution in [0.5, 0.6) is 5.75 Å². The van der Waals surface area contributed by atoms with Crippen molar-refractivity contribution in [1.82, 2.24) is 14.5 Å². The molecule has 9 rings (SSSR count). The first-order valence-corrected chi connectivity index (χ1v) is 25.1. The predicted octanol–water partition coefficient (Wildman–Crippen LogP) is 18.9. The maximum absolute atomic E-state index is 12.9. The molecule has 372 valence electrons. The van der Waals surface area contributed by atoms with Crippen molar-refractivity contribution in [3.05, 3.63) is 191 Å². The van der Waals surface area contributed by atoms with Crippen LogP contribution in [0.15, 0.2) is 158 Å². The maximum Gasteiger partial charge on any atom is 0.149 e. The van der Waals surface area contributed by atoms with Crippen LogP contribution in [0.1, 0.15) is 153 Å². The van der Waals surface area contributed by atoms with Crippen molar-refractivity contribution in [3.8, 4) is 78.6 Å². The van der Waals surface area contributed by atoms with Gasteiger partial charge in [0.05, 0.1) is 28.0 Å². The fourth-order valence-corrected chi connectivity index (χ4v) is 9.62. The van der Waals surface area contributed by atoms with Gasteiger partial charge < -0.3 is 5.11 Å². The Morgan fingerprint density at radius 3 is 1.66 bits per heavy atom. The molecule has 0 spiro atoms. The molecular formula is C69H75N3O. The average molecular weight is 974 g/mol. The van der Waals surface area contributed by atoms with E-state index in [4.69, 9.17) is 26.4 Å². The maximum atomic E-state index is 12.9. The summed E-state index contributed by atoms with van der Waals surface area (Å²) in [5, 5.41) is 12.9. The van der Waals surface area contributed by atoms with Crippen LogP contribution >= 0.6 is 0 Å². The van der Waals surface area contributed by atoms with E-state index in [0.717, 1.165) is 50.1 Å². The van der Waals surface area contributed by atoms with Gasteiger partial charge in [0.25, 0.3) is 0 Å². The molecule has 2 aromatic heterocycles. The highest BCUT2D eigenvalue weighted by atomic mass is 16.3. The highest BCUT2D eigenvalue weighted by Crippen LogP contribution is 2.47. The van der Waals surface area contributed by atoms with E-state index in [9.17, 15) is 5.11 Å². The average Bonchev–Trinajstić information content (AvgIpc) is 1.54. The van der Waals surface area contributed by atoms with Crippen molar-refractivity contribution in [1.29, 1.82) is 0 Å². The molecule has 0 unspecified atom stereocenters. The summed E-state index contributed by atoms with van der Waals surface area (Å²) in [7, 11) is 0. The number of imidazole rings is 1. The van der Waals surface area contributed by atoms with Gasteiger partial charge in [0.15, 0.2) is 0 Å². The third-order valence-electron chi connectivity index (χ3n) is 14.1. The summed E-state index contributed by atoms with van der Waals surface area (Å²) in [6.45, 7) is 12.8. The van der Waals surface area contributed by atoms with E-state index in [2.05, 4.69) is 124 Å². The van der Waals surface area contributed by atoms with Crippen LogP contribution in [0.4, 0.5) is 0 Å². The zero-order valence-electron chi connectivity index (χ0n) is 56.3. The Kier molecular flexibility index (Phi) is 9.53. The molecule has 0 amide bonds. The molecule has 1 N–H and O–H groups in total. The van der Waals surface area contributed by atoms with Crippen LogP contribution in [0.2, 0.25) is 0 Å². The molecule has 0 aliphatic heterocycles. The van der Waals surface area contributed by atoms with Crippen LogP contribution in [-0.4, -0.2) is 19.6 Å². The van der Waals surface area contributed by atoms with Gasteiger partial charge in [0, 0.05) is 44.9 Å². The number of rotatable bonds is 7. The Labute approximate surface area is 453 Å². The number of phenolic OH excluding ortho intramolecular Hbond substituents is 1. The lowest BCUT2D eigenvalue weighted by Gasteiger charge is -2.28. The third kappa shape index (κ3) is 10.2. The van der Waals surface area contributed by atoms with Gasteiger partial charge in [0.1, 0.15) is 11.6 Å². The van der Waals surface area contributed by atoms with E-state index >= 15 is 0 Å². The van der Waals surface area contributed by atoms with Crippen LogP contribution in [0, 0.1) is 6.85 Å². The highest BCUT2D eigenvalue weighted by Gasteiger charge is 2.30. The fraction of sp³-hybridized carbons (Fsp3) is 0.304. The van der Waals surface area contributed by atoms with Gasteiger partial charge in [-0.25, -0.2) is 4.98 Å². The normalized spacial score (nSPS) is 15.8. The van der Waals surface area contributed by atoms with E-state index in [-0.39, 0.29) is 33.1 Å². The van der Waals surface area contributed by atoms with Crippen molar-refractivity contribution in [3.63, 3.8) is 0 Å². The molecular weight excluding hydrogens is 887 g/mol. The summed E-state index contributed by atoms with van der Waals surface area (Å²) in [5.41, 5.74) is 8.57. The van der Waals surface area contributed by atoms with Crippen LogP contribution in [0.3, 0.4) is 0 Å². The lowest BCUT2D eigenvalue weighted by Crippen LogP contribution is -2.17. The van der Waals surface area contributed by atoms with Crippen molar-refractivity contribution < 1.29 is 21.6 Å². The van der Waals surface area contributed by atoms with E-state index in [0.29, 0.717) is 56.1 Å². The van der Waals surface area contributed by atoms with Gasteiger partial charge in [-0.15, -0.1) is 0 Å². The molecule has 0 aliphatic carbocycles. The minimum absolute atomic E-state index is 0.0841. The van der Waals surface area contributed by atoms with Crippen molar-refractivity contribution >= 4 is 11.0 Å². The minimum Gasteiger partial charge on any atom is -0.507 e. The molecule has 0 fully saturated rings. The standard InChI is InChI=1S/C69H75N3O/c1-43-35-56(46-27-31-51(32-28-46)66(5,6)7)61(42-55(43)45-21-18-17-19-22-45)72-60-24-20-23-54(62(60)71-64(72)57-40-53(68(11,12)13)41-58(63(57)73)69(14,15)16)48-36-49(38-52(37-48)67(8,9)10)59-39-47(33-34-70-59)44-25-29-50(30-26-44)65(2,3)4/h17-42,73H,1-16H3/i1D3,2D3,3D3,4D3. The minimum atomic E-state index is -3.40. The molecule has 0 saturated carbocycles. The number of hydrogen-bond donors (Lipinski definition) is 1. The fourth-order valence-electron chi connectivity index (χ4n) is 9.62. The van der Waals surface area contributed by atoms with Crippen molar-refractivity contribution in [2.45, 2.75) is 138 Å². The first kappa shape index (κ1) is 37.7. The molecule has 9 aromatic rings. The first-order chi connectivity index (χ1) is 39.1. The molecule has 0 radical (unpaired) electrons. The predicted molar refractivity (Wildman–Crippen MR) is 311 cm³/mol. The number of aryl methyl sites for hydroxylation is 1. The summed E-state index contributed by atoms with van der Waals surface area (Å²) in [4.78, 5) is 10.6. The number of benzene rings is 7. The summed E-state index contributed by atoms with van der Waals surface area (Å²) in [6.07, 6.45) is 1.66. The molecule has 0 bridgehead atoms. The van der Waals surface area contributed by atoms with E-state index in [1.165, 1.54) is 12.1 Å². The Hall–Kier alpha value is -7.04. The third-order valence-corrected chi connectivity index (χ3v) is 14.1. The quantitative estimate of drug-likeness (QED) is 0.173. The smallest absolute Gasteiger partial charge is 0.149 e. The number of hydrogen-bond acceptors (Lipinski definition) is 3. The first-order valence-electron chi connectivity index (χ1n) is 31.1. The number of aromatic nitrogens is 3. The number of pyridine rings is 1. The Morgan fingerprint density at radius 1 is 0.438 bits per heavy atom. The summed E-state index contributed by atoms with van der Waals surface area (Å²) >= 11 is 0. The molecule has 4 nitrogen and oxygen atoms in total. The van der Waals surface area contributed by atoms with Crippen LogP contribution in [0.25, 0.3) is 83.9 Å². The number of phenols is 1. The zero-order valence-corrected chi connectivity index (χ0v) is 44.3. The van der Waals surface area contributed by atoms with Gasteiger partial charge in [-0.3, -0.25) is 9.55 Å². The lowest BCUT2D eigenvalue weighted by molar-refractivity contribution is 0.446. The van der Waals surface area contributed by atoms with E-state index in [1.807, 2.05) is 78.9 Å². The Bertz CT molecular complexity index is 3930. The van der Waals surface area contributed by atoms with Gasteiger partial charge in [0.2, 0.25) is 0 Å². The van der Waals surface area contributed by atoms with Crippen molar-refractivity contribution in [2.75, 3.05) is 0 Å².